The molecule has 1 aliphatic rings. The fourth-order valence-corrected chi connectivity index (χ4v) is 3.85. The molecule has 0 bridgehead atoms. The summed E-state index contributed by atoms with van der Waals surface area (Å²) in [7, 11) is 4.05. The number of carbonyl (C=O) groups excluding carboxylic acids is 1. The molecule has 2 aromatic carbocycles. The molecular formula is C25H35N3O2. The highest BCUT2D eigenvalue weighted by molar-refractivity contribution is 5.78. The number of benzene rings is 2. The molecule has 0 spiro atoms. The molecule has 1 saturated heterocycles. The van der Waals surface area contributed by atoms with Gasteiger partial charge < -0.3 is 15.0 Å². The number of nitrogens with one attached hydrogen (secondary N) is 1. The van der Waals surface area contributed by atoms with Crippen LogP contribution in [0.5, 0.6) is 5.75 Å². The molecule has 1 aliphatic heterocycles. The van der Waals surface area contributed by atoms with E-state index in [1.807, 2.05) is 38.4 Å². The number of ether oxygens (including phenoxy) is 1. The van der Waals surface area contributed by atoms with E-state index in [1.165, 1.54) is 24.0 Å². The molecule has 1 unspecified atom stereocenters. The van der Waals surface area contributed by atoms with Crippen LogP contribution in [-0.2, 0) is 11.2 Å². The molecule has 30 heavy (non-hydrogen) atoms. The molecule has 1 atom stereocenters. The fourth-order valence-electron chi connectivity index (χ4n) is 3.85. The maximum atomic E-state index is 12.7. The Kier molecular flexibility index (Phi) is 8.29. The van der Waals surface area contributed by atoms with Crippen LogP contribution in [0, 0.1) is 6.92 Å². The highest BCUT2D eigenvalue weighted by Crippen LogP contribution is 2.25. The van der Waals surface area contributed by atoms with E-state index in [0.717, 1.165) is 30.9 Å². The van der Waals surface area contributed by atoms with Crippen LogP contribution in [0.3, 0.4) is 0 Å². The van der Waals surface area contributed by atoms with Crippen molar-refractivity contribution in [1.29, 1.82) is 0 Å². The number of aryl methyl sites for hydroxylation is 1. The summed E-state index contributed by atoms with van der Waals surface area (Å²) in [4.78, 5) is 17.2. The molecule has 5 heteroatoms. The lowest BCUT2D eigenvalue weighted by molar-refractivity contribution is -0.120. The lowest BCUT2D eigenvalue weighted by Crippen LogP contribution is -2.37. The Bertz CT molecular complexity index is 798. The maximum Gasteiger partial charge on any atom is 0.224 e. The number of hydrogen-bond donors (Lipinski definition) is 1. The highest BCUT2D eigenvalue weighted by atomic mass is 16.5. The SMILES string of the molecule is Cc1ccc(C(CNC(=O)Cc2cccc(OCCN(C)C)c2)N2CCCC2)cc1. The second-order valence-electron chi connectivity index (χ2n) is 8.45. The Labute approximate surface area is 181 Å². The van der Waals surface area contributed by atoms with Gasteiger partial charge in [0.15, 0.2) is 0 Å². The number of amides is 1. The van der Waals surface area contributed by atoms with Crippen LogP contribution in [0.1, 0.15) is 35.6 Å². The zero-order chi connectivity index (χ0) is 21.3. The minimum Gasteiger partial charge on any atom is -0.492 e. The predicted molar refractivity (Wildman–Crippen MR) is 122 cm³/mol. The van der Waals surface area contributed by atoms with Crippen LogP contribution in [0.4, 0.5) is 0 Å². The summed E-state index contributed by atoms with van der Waals surface area (Å²) < 4.78 is 5.79. The molecule has 0 aliphatic carbocycles. The number of nitrogens with zero attached hydrogens (tertiary/aromatic N) is 2. The Hall–Kier alpha value is -2.37. The maximum absolute atomic E-state index is 12.7. The standard InChI is InChI=1S/C25H35N3O2/c1-20-9-11-22(12-10-20)24(28-13-4-5-14-28)19-26-25(29)18-21-7-6-8-23(17-21)30-16-15-27(2)3/h6-12,17,24H,4-5,13-16,18-19H2,1-3H3,(H,26,29). The van der Waals surface area contributed by atoms with Gasteiger partial charge in [0.05, 0.1) is 12.5 Å². The van der Waals surface area contributed by atoms with Gasteiger partial charge in [0.2, 0.25) is 5.91 Å². The molecule has 2 aromatic rings. The van der Waals surface area contributed by atoms with E-state index in [-0.39, 0.29) is 11.9 Å². The van der Waals surface area contributed by atoms with Crippen molar-refractivity contribution in [3.05, 3.63) is 65.2 Å². The van der Waals surface area contributed by atoms with Crippen molar-refractivity contribution < 1.29 is 9.53 Å². The van der Waals surface area contributed by atoms with E-state index >= 15 is 0 Å². The van der Waals surface area contributed by atoms with Crippen molar-refractivity contribution in [1.82, 2.24) is 15.1 Å². The lowest BCUT2D eigenvalue weighted by Gasteiger charge is -2.28. The molecule has 0 aromatic heterocycles. The van der Waals surface area contributed by atoms with E-state index in [4.69, 9.17) is 4.74 Å². The number of carbonyl (C=O) groups is 1. The molecule has 0 radical (unpaired) electrons. The Morgan fingerprint density at radius 2 is 1.87 bits per heavy atom. The molecule has 0 saturated carbocycles. The third kappa shape index (κ3) is 6.85. The van der Waals surface area contributed by atoms with Crippen LogP contribution in [0.25, 0.3) is 0 Å². The summed E-state index contributed by atoms with van der Waals surface area (Å²) in [6, 6.07) is 16.8. The van der Waals surface area contributed by atoms with Crippen LogP contribution >= 0.6 is 0 Å². The smallest absolute Gasteiger partial charge is 0.224 e. The first-order valence-corrected chi connectivity index (χ1v) is 10.9. The summed E-state index contributed by atoms with van der Waals surface area (Å²) in [5.74, 6) is 0.869. The lowest BCUT2D eigenvalue weighted by atomic mass is 10.0. The van der Waals surface area contributed by atoms with E-state index in [9.17, 15) is 4.79 Å². The van der Waals surface area contributed by atoms with Gasteiger partial charge in [-0.05, 0) is 70.2 Å². The van der Waals surface area contributed by atoms with Gasteiger partial charge in [-0.2, -0.15) is 0 Å². The Morgan fingerprint density at radius 3 is 2.57 bits per heavy atom. The number of rotatable bonds is 10. The molecule has 1 amide bonds. The normalized spacial score (nSPS) is 15.3. The van der Waals surface area contributed by atoms with Gasteiger partial charge in [-0.25, -0.2) is 0 Å². The molecule has 1 fully saturated rings. The summed E-state index contributed by atoms with van der Waals surface area (Å²) in [5.41, 5.74) is 3.51. The average Bonchev–Trinajstić information content (AvgIpc) is 3.24. The summed E-state index contributed by atoms with van der Waals surface area (Å²) in [6.07, 6.45) is 2.83. The van der Waals surface area contributed by atoms with E-state index < -0.39 is 0 Å². The van der Waals surface area contributed by atoms with Crippen LogP contribution in [0.15, 0.2) is 48.5 Å². The van der Waals surface area contributed by atoms with Gasteiger partial charge >= 0.3 is 0 Å². The van der Waals surface area contributed by atoms with E-state index in [2.05, 4.69) is 46.3 Å². The minimum absolute atomic E-state index is 0.0525. The second kappa shape index (κ2) is 11.1. The zero-order valence-corrected chi connectivity index (χ0v) is 18.6. The van der Waals surface area contributed by atoms with Crippen LogP contribution < -0.4 is 10.1 Å². The molecule has 3 rings (SSSR count). The average molecular weight is 410 g/mol. The fraction of sp³-hybridized carbons (Fsp3) is 0.480. The zero-order valence-electron chi connectivity index (χ0n) is 18.6. The summed E-state index contributed by atoms with van der Waals surface area (Å²) in [5, 5.41) is 3.17. The number of likely N-dealkylation sites (N-methyl/N-ethyl adjacent to an activating group) is 1. The first-order chi connectivity index (χ1) is 14.5. The first-order valence-electron chi connectivity index (χ1n) is 10.9. The monoisotopic (exact) mass is 409 g/mol. The quantitative estimate of drug-likeness (QED) is 0.653. The van der Waals surface area contributed by atoms with Crippen molar-refractivity contribution >= 4 is 5.91 Å². The van der Waals surface area contributed by atoms with E-state index in [0.29, 0.717) is 19.6 Å². The van der Waals surface area contributed by atoms with Crippen LogP contribution in [-0.4, -0.2) is 62.6 Å². The van der Waals surface area contributed by atoms with Gasteiger partial charge in [0, 0.05) is 13.1 Å². The second-order valence-corrected chi connectivity index (χ2v) is 8.45. The molecule has 1 N–H and O–H groups in total. The predicted octanol–water partition coefficient (Wildman–Crippen LogP) is 3.43. The molecule has 162 valence electrons. The number of likely N-dealkylation sites (tertiary alicyclic amines) is 1. The minimum atomic E-state index is 0.0525. The third-order valence-corrected chi connectivity index (χ3v) is 5.61. The largest absolute Gasteiger partial charge is 0.492 e. The summed E-state index contributed by atoms with van der Waals surface area (Å²) >= 11 is 0. The Balaban J connectivity index is 1.56. The molecular weight excluding hydrogens is 374 g/mol. The van der Waals surface area contributed by atoms with Crippen molar-refractivity contribution in [2.45, 2.75) is 32.2 Å². The van der Waals surface area contributed by atoms with Crippen molar-refractivity contribution in [2.24, 2.45) is 0 Å². The molecule has 5 nitrogen and oxygen atoms in total. The van der Waals surface area contributed by atoms with Gasteiger partial charge in [-0.1, -0.05) is 42.0 Å². The van der Waals surface area contributed by atoms with Gasteiger partial charge in [-0.3, -0.25) is 9.69 Å². The van der Waals surface area contributed by atoms with Gasteiger partial charge in [0.25, 0.3) is 0 Å². The van der Waals surface area contributed by atoms with Gasteiger partial charge in [-0.15, -0.1) is 0 Å². The Morgan fingerprint density at radius 1 is 1.13 bits per heavy atom. The van der Waals surface area contributed by atoms with Crippen molar-refractivity contribution in [2.75, 3.05) is 46.9 Å². The van der Waals surface area contributed by atoms with Crippen molar-refractivity contribution in [3.8, 4) is 5.75 Å². The van der Waals surface area contributed by atoms with Crippen LogP contribution in [0.2, 0.25) is 0 Å². The summed E-state index contributed by atoms with van der Waals surface area (Å²) in [6.45, 7) is 6.44. The number of hydrogen-bond acceptors (Lipinski definition) is 4. The van der Waals surface area contributed by atoms with Gasteiger partial charge in [0.1, 0.15) is 12.4 Å². The topological polar surface area (TPSA) is 44.8 Å². The van der Waals surface area contributed by atoms with Crippen molar-refractivity contribution in [3.63, 3.8) is 0 Å². The van der Waals surface area contributed by atoms with E-state index in [1.54, 1.807) is 0 Å². The molecule has 1 heterocycles. The first kappa shape index (κ1) is 22.3. The third-order valence-electron chi connectivity index (χ3n) is 5.61. The highest BCUT2D eigenvalue weighted by Gasteiger charge is 2.23.